The van der Waals surface area contributed by atoms with E-state index in [-0.39, 0.29) is 11.7 Å². The molecule has 2 aromatic heterocycles. The van der Waals surface area contributed by atoms with E-state index in [1.165, 1.54) is 0 Å². The predicted octanol–water partition coefficient (Wildman–Crippen LogP) is 6.10. The molecule has 2 N–H and O–H groups in total. The first-order valence-corrected chi connectivity index (χ1v) is 14.2. The van der Waals surface area contributed by atoms with Gasteiger partial charge in [-0.05, 0) is 43.2 Å². The normalized spacial score (nSPS) is 14.7. The molecule has 0 spiro atoms. The number of benzene rings is 1. The van der Waals surface area contributed by atoms with E-state index in [9.17, 15) is 9.90 Å². The van der Waals surface area contributed by atoms with Crippen molar-refractivity contribution in [3.63, 3.8) is 0 Å². The highest BCUT2D eigenvalue weighted by molar-refractivity contribution is 5.99. The van der Waals surface area contributed by atoms with E-state index in [1.54, 1.807) is 37.4 Å². The molecule has 0 aliphatic carbocycles. The second kappa shape index (κ2) is 15.2. The number of hydrogen-bond acceptors (Lipinski definition) is 6. The van der Waals surface area contributed by atoms with Crippen molar-refractivity contribution in [2.75, 3.05) is 53.6 Å². The zero-order valence-corrected chi connectivity index (χ0v) is 24.8. The second-order valence-electron chi connectivity index (χ2n) is 9.44. The van der Waals surface area contributed by atoms with Crippen LogP contribution in [0.15, 0.2) is 54.6 Å². The van der Waals surface area contributed by atoms with Gasteiger partial charge in [0.15, 0.2) is 0 Å². The van der Waals surface area contributed by atoms with Crippen LogP contribution in [0.2, 0.25) is 0 Å². The van der Waals surface area contributed by atoms with Gasteiger partial charge in [0.2, 0.25) is 0 Å². The van der Waals surface area contributed by atoms with Crippen molar-refractivity contribution in [1.29, 1.82) is 0 Å². The molecule has 4 rings (SSSR count). The summed E-state index contributed by atoms with van der Waals surface area (Å²) in [6, 6.07) is 7.25. The number of piperazine rings is 1. The van der Waals surface area contributed by atoms with Gasteiger partial charge in [-0.25, -0.2) is 4.98 Å². The number of H-pyrrole nitrogens is 1. The maximum atomic E-state index is 13.3. The number of carbonyl (C=O) groups excluding carboxylic acids is 1. The van der Waals surface area contributed by atoms with Crippen LogP contribution >= 0.6 is 0 Å². The number of methoxy groups -OCH3 is 2. The number of fused-ring (bicyclic) bond motifs is 1. The standard InChI is InChI=1S/C30H38N4O4.C2H6/c1-5-7-8-28(38-4)23(6-2)26-20-32-29-24(26)18-22(19-31-29)21-9-10-27(35)25(17-21)30(36)34-13-11-33(12-14-34)15-16-37-3;1-2/h6,8-10,17-20,35H,5,7,11-16H2,1-4H3,(H,31,32);1-2H3/b23-6-,28-8+;. The molecular weight excluding hydrogens is 504 g/mol. The van der Waals surface area contributed by atoms with Gasteiger partial charge in [0.1, 0.15) is 17.2 Å². The number of hydrogen-bond donors (Lipinski definition) is 2. The Bertz CT molecular complexity index is 1320. The smallest absolute Gasteiger partial charge is 0.257 e. The molecule has 0 bridgehead atoms. The fourth-order valence-electron chi connectivity index (χ4n) is 4.85. The molecular formula is C32H44N4O4. The van der Waals surface area contributed by atoms with Crippen LogP contribution in [-0.4, -0.2) is 84.3 Å². The first-order valence-electron chi connectivity index (χ1n) is 14.2. The maximum absolute atomic E-state index is 13.3. The minimum atomic E-state index is -0.158. The minimum Gasteiger partial charge on any atom is -0.507 e. The average molecular weight is 549 g/mol. The van der Waals surface area contributed by atoms with E-state index in [2.05, 4.69) is 33.9 Å². The predicted molar refractivity (Wildman–Crippen MR) is 162 cm³/mol. The van der Waals surface area contributed by atoms with Crippen LogP contribution in [0.1, 0.15) is 56.5 Å². The Hall–Kier alpha value is -3.62. The largest absolute Gasteiger partial charge is 0.507 e. The van der Waals surface area contributed by atoms with Crippen molar-refractivity contribution in [3.8, 4) is 16.9 Å². The molecule has 1 fully saturated rings. The van der Waals surface area contributed by atoms with Crippen LogP contribution < -0.4 is 0 Å². The van der Waals surface area contributed by atoms with Gasteiger partial charge in [-0.3, -0.25) is 9.69 Å². The number of allylic oxidation sites excluding steroid dienone is 3. The molecule has 3 heterocycles. The number of aromatic hydroxyl groups is 1. The Labute approximate surface area is 238 Å². The number of phenolic OH excluding ortho intramolecular Hbond substituents is 1. The molecule has 1 aliphatic heterocycles. The SMILES string of the molecule is C/C=C(\C(=C/CCC)OC)c1c[nH]c2ncc(-c3ccc(O)c(C(=O)N4CCN(CCOC)CC4)c3)cc12.CC. The van der Waals surface area contributed by atoms with Crippen LogP contribution in [0, 0.1) is 0 Å². The summed E-state index contributed by atoms with van der Waals surface area (Å²) in [5, 5.41) is 11.5. The number of aromatic nitrogens is 2. The van der Waals surface area contributed by atoms with Crippen molar-refractivity contribution in [2.45, 2.75) is 40.5 Å². The van der Waals surface area contributed by atoms with Gasteiger partial charge >= 0.3 is 0 Å². The number of carbonyl (C=O) groups is 1. The van der Waals surface area contributed by atoms with Crippen LogP contribution in [0.4, 0.5) is 0 Å². The molecule has 216 valence electrons. The van der Waals surface area contributed by atoms with Gasteiger partial charge in [0, 0.05) is 74.3 Å². The molecule has 0 radical (unpaired) electrons. The second-order valence-corrected chi connectivity index (χ2v) is 9.44. The monoisotopic (exact) mass is 548 g/mol. The van der Waals surface area contributed by atoms with Crippen LogP contribution in [0.3, 0.4) is 0 Å². The zero-order chi connectivity index (χ0) is 29.1. The highest BCUT2D eigenvalue weighted by Gasteiger charge is 2.24. The first kappa shape index (κ1) is 30.9. The number of amides is 1. The fraction of sp³-hybridized carbons (Fsp3) is 0.438. The lowest BCUT2D eigenvalue weighted by atomic mass is 9.99. The summed E-state index contributed by atoms with van der Waals surface area (Å²) >= 11 is 0. The number of nitrogens with zero attached hydrogens (tertiary/aromatic N) is 3. The Balaban J connectivity index is 0.00000216. The molecule has 1 aliphatic rings. The average Bonchev–Trinajstić information content (AvgIpc) is 3.42. The fourth-order valence-corrected chi connectivity index (χ4v) is 4.85. The van der Waals surface area contributed by atoms with Crippen molar-refractivity contribution in [2.24, 2.45) is 0 Å². The van der Waals surface area contributed by atoms with Crippen molar-refractivity contribution < 1.29 is 19.4 Å². The molecule has 3 aromatic rings. The number of rotatable bonds is 10. The summed E-state index contributed by atoms with van der Waals surface area (Å²) in [5.41, 5.74) is 4.77. The maximum Gasteiger partial charge on any atom is 0.257 e. The number of phenols is 1. The summed E-state index contributed by atoms with van der Waals surface area (Å²) in [6.45, 7) is 12.5. The number of nitrogens with one attached hydrogen (secondary N) is 1. The molecule has 1 aromatic carbocycles. The summed E-state index contributed by atoms with van der Waals surface area (Å²) in [7, 11) is 3.39. The van der Waals surface area contributed by atoms with Gasteiger partial charge in [0.25, 0.3) is 5.91 Å². The Morgan fingerprint density at radius 3 is 2.50 bits per heavy atom. The van der Waals surface area contributed by atoms with E-state index in [1.807, 2.05) is 39.1 Å². The lowest BCUT2D eigenvalue weighted by Gasteiger charge is -2.34. The lowest BCUT2D eigenvalue weighted by Crippen LogP contribution is -2.49. The van der Waals surface area contributed by atoms with Crippen LogP contribution in [0.5, 0.6) is 5.75 Å². The zero-order valence-electron chi connectivity index (χ0n) is 24.8. The molecule has 8 heteroatoms. The van der Waals surface area contributed by atoms with E-state index in [0.717, 1.165) is 71.5 Å². The van der Waals surface area contributed by atoms with Crippen molar-refractivity contribution >= 4 is 22.5 Å². The van der Waals surface area contributed by atoms with Gasteiger partial charge in [-0.2, -0.15) is 0 Å². The topological polar surface area (TPSA) is 90.9 Å². The van der Waals surface area contributed by atoms with Gasteiger partial charge in [0.05, 0.1) is 19.3 Å². The summed E-state index contributed by atoms with van der Waals surface area (Å²) in [4.78, 5) is 25.3. The molecule has 8 nitrogen and oxygen atoms in total. The third-order valence-electron chi connectivity index (χ3n) is 7.05. The Morgan fingerprint density at radius 2 is 1.85 bits per heavy atom. The van der Waals surface area contributed by atoms with Crippen LogP contribution in [-0.2, 0) is 9.47 Å². The number of aromatic amines is 1. The van der Waals surface area contributed by atoms with E-state index in [0.29, 0.717) is 25.3 Å². The molecule has 0 unspecified atom stereocenters. The summed E-state index contributed by atoms with van der Waals surface area (Å²) in [5.74, 6) is 0.661. The van der Waals surface area contributed by atoms with Gasteiger partial charge in [-0.1, -0.05) is 39.3 Å². The third-order valence-corrected chi connectivity index (χ3v) is 7.05. The van der Waals surface area contributed by atoms with Crippen molar-refractivity contribution in [1.82, 2.24) is 19.8 Å². The van der Waals surface area contributed by atoms with E-state index in [4.69, 9.17) is 9.47 Å². The lowest BCUT2D eigenvalue weighted by molar-refractivity contribution is 0.0591. The molecule has 0 saturated carbocycles. The van der Waals surface area contributed by atoms with E-state index >= 15 is 0 Å². The highest BCUT2D eigenvalue weighted by Crippen LogP contribution is 2.34. The number of ether oxygens (including phenoxy) is 2. The number of unbranched alkanes of at least 4 members (excludes halogenated alkanes) is 1. The molecule has 1 amide bonds. The quantitative estimate of drug-likeness (QED) is 0.235. The Morgan fingerprint density at radius 1 is 1.10 bits per heavy atom. The highest BCUT2D eigenvalue weighted by atomic mass is 16.5. The first-order chi connectivity index (χ1) is 19.5. The number of pyridine rings is 1. The van der Waals surface area contributed by atoms with Crippen molar-refractivity contribution in [3.05, 3.63) is 65.7 Å². The van der Waals surface area contributed by atoms with Gasteiger partial charge < -0.3 is 24.5 Å². The third kappa shape index (κ3) is 7.11. The summed E-state index contributed by atoms with van der Waals surface area (Å²) in [6.07, 6.45) is 9.87. The molecule has 1 saturated heterocycles. The molecule has 40 heavy (non-hydrogen) atoms. The Kier molecular flexibility index (Phi) is 11.8. The van der Waals surface area contributed by atoms with E-state index < -0.39 is 0 Å². The van der Waals surface area contributed by atoms with Crippen LogP contribution in [0.25, 0.3) is 27.7 Å². The van der Waals surface area contributed by atoms with Gasteiger partial charge in [-0.15, -0.1) is 0 Å². The molecule has 0 atom stereocenters. The summed E-state index contributed by atoms with van der Waals surface area (Å²) < 4.78 is 10.9. The minimum absolute atomic E-state index is 0.0149.